The van der Waals surface area contributed by atoms with E-state index in [0.717, 1.165) is 25.1 Å². The van der Waals surface area contributed by atoms with E-state index in [9.17, 15) is 9.59 Å². The van der Waals surface area contributed by atoms with E-state index < -0.39 is 0 Å². The van der Waals surface area contributed by atoms with E-state index in [4.69, 9.17) is 21.4 Å². The molecule has 0 bridgehead atoms. The Labute approximate surface area is 194 Å². The lowest BCUT2D eigenvalue weighted by atomic mass is 10.2. The van der Waals surface area contributed by atoms with Gasteiger partial charge in [0.25, 0.3) is 5.56 Å². The zero-order chi connectivity index (χ0) is 22.9. The van der Waals surface area contributed by atoms with Crippen LogP contribution in [0.3, 0.4) is 0 Å². The van der Waals surface area contributed by atoms with Gasteiger partial charge in [-0.3, -0.25) is 9.59 Å². The van der Waals surface area contributed by atoms with Gasteiger partial charge in [-0.25, -0.2) is 9.36 Å². The molecule has 1 aromatic carbocycles. The van der Waals surface area contributed by atoms with Crippen LogP contribution in [0, 0.1) is 6.92 Å². The number of hydrogen-bond acceptors (Lipinski definition) is 5. The molecule has 9 nitrogen and oxygen atoms in total. The number of aryl methyl sites for hydroxylation is 1. The number of halogens is 1. The standard InChI is InChI=1S/C23H23ClN6O3/c1-15-21-20(23(32)29(26-15)14-19(31)25-13-18-5-4-12-33-18)22(28-10-2-3-11-28)30(27-21)17-8-6-16(24)7-9-17/h2-3,6-11,18H,4-5,12-14H2,1H3,(H,25,31). The van der Waals surface area contributed by atoms with Crippen molar-refractivity contribution >= 4 is 28.4 Å². The summed E-state index contributed by atoms with van der Waals surface area (Å²) >= 11 is 6.06. The predicted octanol–water partition coefficient (Wildman–Crippen LogP) is 2.63. The molecule has 33 heavy (non-hydrogen) atoms. The molecular formula is C23H23ClN6O3. The summed E-state index contributed by atoms with van der Waals surface area (Å²) < 4.78 is 10.3. The van der Waals surface area contributed by atoms with Crippen LogP contribution in [0.1, 0.15) is 18.5 Å². The largest absolute Gasteiger partial charge is 0.376 e. The molecule has 1 atom stereocenters. The zero-order valence-corrected chi connectivity index (χ0v) is 18.8. The van der Waals surface area contributed by atoms with Crippen molar-refractivity contribution in [2.24, 2.45) is 0 Å². The van der Waals surface area contributed by atoms with Crippen LogP contribution in [0.25, 0.3) is 22.4 Å². The van der Waals surface area contributed by atoms with Gasteiger partial charge in [0.05, 0.1) is 17.5 Å². The maximum atomic E-state index is 13.5. The number of ether oxygens (including phenoxy) is 1. The number of hydrogen-bond donors (Lipinski definition) is 1. The molecule has 5 rings (SSSR count). The molecule has 1 N–H and O–H groups in total. The number of aromatic nitrogens is 5. The topological polar surface area (TPSA) is 96.0 Å². The molecule has 0 radical (unpaired) electrons. The van der Waals surface area contributed by atoms with Gasteiger partial charge in [-0.15, -0.1) is 0 Å². The Morgan fingerprint density at radius 1 is 1.21 bits per heavy atom. The first-order chi connectivity index (χ1) is 16.0. The fraction of sp³-hybridized carbons (Fsp3) is 0.304. The van der Waals surface area contributed by atoms with Gasteiger partial charge in [0, 0.05) is 30.6 Å². The summed E-state index contributed by atoms with van der Waals surface area (Å²) in [5.74, 6) is 0.285. The molecule has 10 heteroatoms. The van der Waals surface area contributed by atoms with Gasteiger partial charge < -0.3 is 14.6 Å². The molecule has 1 aliphatic heterocycles. The minimum absolute atomic E-state index is 0.0285. The van der Waals surface area contributed by atoms with Crippen molar-refractivity contribution in [3.05, 3.63) is 69.9 Å². The average Bonchev–Trinajstić information content (AvgIpc) is 3.57. The van der Waals surface area contributed by atoms with Crippen LogP contribution >= 0.6 is 11.6 Å². The van der Waals surface area contributed by atoms with E-state index in [1.807, 2.05) is 41.2 Å². The summed E-state index contributed by atoms with van der Waals surface area (Å²) in [4.78, 5) is 26.0. The monoisotopic (exact) mass is 466 g/mol. The first-order valence-electron chi connectivity index (χ1n) is 10.8. The highest BCUT2D eigenvalue weighted by Gasteiger charge is 2.23. The second kappa shape index (κ2) is 8.84. The van der Waals surface area contributed by atoms with Crippen LogP contribution in [0.4, 0.5) is 0 Å². The number of carbonyl (C=O) groups excluding carboxylic acids is 1. The summed E-state index contributed by atoms with van der Waals surface area (Å²) in [5.41, 5.74) is 1.40. The predicted molar refractivity (Wildman–Crippen MR) is 124 cm³/mol. The highest BCUT2D eigenvalue weighted by atomic mass is 35.5. The second-order valence-electron chi connectivity index (χ2n) is 8.01. The van der Waals surface area contributed by atoms with Gasteiger partial charge in [-0.05, 0) is 56.2 Å². The van der Waals surface area contributed by atoms with E-state index in [1.165, 1.54) is 4.68 Å². The van der Waals surface area contributed by atoms with Crippen molar-refractivity contribution in [1.29, 1.82) is 0 Å². The Hall–Kier alpha value is -3.43. The maximum absolute atomic E-state index is 13.5. The Bertz CT molecular complexity index is 1350. The van der Waals surface area contributed by atoms with Crippen molar-refractivity contribution < 1.29 is 9.53 Å². The highest BCUT2D eigenvalue weighted by molar-refractivity contribution is 6.30. The lowest BCUT2D eigenvalue weighted by molar-refractivity contribution is -0.122. The Balaban J connectivity index is 1.57. The SMILES string of the molecule is Cc1nn(CC(=O)NCC2CCCO2)c(=O)c2c(-n3cccc3)n(-c3ccc(Cl)cc3)nc12. The van der Waals surface area contributed by atoms with Gasteiger partial charge in [0.15, 0.2) is 5.82 Å². The van der Waals surface area contributed by atoms with Crippen LogP contribution in [0.15, 0.2) is 53.6 Å². The van der Waals surface area contributed by atoms with Gasteiger partial charge in [0.1, 0.15) is 17.4 Å². The average molecular weight is 467 g/mol. The van der Waals surface area contributed by atoms with E-state index in [-0.39, 0.29) is 24.1 Å². The molecule has 1 amide bonds. The molecular weight excluding hydrogens is 444 g/mol. The second-order valence-corrected chi connectivity index (χ2v) is 8.45. The molecule has 0 saturated carbocycles. The van der Waals surface area contributed by atoms with Crippen LogP contribution < -0.4 is 10.9 Å². The third-order valence-corrected chi connectivity index (χ3v) is 5.94. The van der Waals surface area contributed by atoms with Crippen LogP contribution in [-0.2, 0) is 16.1 Å². The van der Waals surface area contributed by atoms with E-state index >= 15 is 0 Å². The first kappa shape index (κ1) is 21.4. The Morgan fingerprint density at radius 3 is 2.67 bits per heavy atom. The minimum atomic E-state index is -0.383. The number of amides is 1. The normalized spacial score (nSPS) is 15.9. The third kappa shape index (κ3) is 4.17. The summed E-state index contributed by atoms with van der Waals surface area (Å²) in [7, 11) is 0. The van der Waals surface area contributed by atoms with Crippen molar-refractivity contribution in [3.63, 3.8) is 0 Å². The van der Waals surface area contributed by atoms with Gasteiger partial charge in [0.2, 0.25) is 5.91 Å². The molecule has 1 fully saturated rings. The van der Waals surface area contributed by atoms with E-state index in [1.54, 1.807) is 23.7 Å². The zero-order valence-electron chi connectivity index (χ0n) is 18.1. The van der Waals surface area contributed by atoms with Crippen LogP contribution in [-0.4, -0.2) is 49.3 Å². The van der Waals surface area contributed by atoms with Crippen LogP contribution in [0.5, 0.6) is 0 Å². The number of nitrogens with one attached hydrogen (secondary N) is 1. The molecule has 1 unspecified atom stereocenters. The number of carbonyl (C=O) groups is 1. The summed E-state index contributed by atoms with van der Waals surface area (Å²) in [6.07, 6.45) is 5.64. The van der Waals surface area contributed by atoms with Gasteiger partial charge in [-0.2, -0.15) is 10.2 Å². The first-order valence-corrected chi connectivity index (χ1v) is 11.2. The molecule has 0 aliphatic carbocycles. The molecule has 1 aliphatic rings. The number of nitrogens with zero attached hydrogens (tertiary/aromatic N) is 5. The van der Waals surface area contributed by atoms with E-state index in [0.29, 0.717) is 34.0 Å². The highest BCUT2D eigenvalue weighted by Crippen LogP contribution is 2.25. The van der Waals surface area contributed by atoms with Gasteiger partial charge >= 0.3 is 0 Å². The maximum Gasteiger partial charge on any atom is 0.280 e. The quantitative estimate of drug-likeness (QED) is 0.471. The molecule has 1 saturated heterocycles. The van der Waals surface area contributed by atoms with Crippen LogP contribution in [0.2, 0.25) is 5.02 Å². The Kier molecular flexibility index (Phi) is 5.74. The van der Waals surface area contributed by atoms with Crippen molar-refractivity contribution in [2.45, 2.75) is 32.4 Å². The number of fused-ring (bicyclic) bond motifs is 1. The fourth-order valence-electron chi connectivity index (χ4n) is 4.07. The summed E-state index contributed by atoms with van der Waals surface area (Å²) in [6, 6.07) is 10.9. The third-order valence-electron chi connectivity index (χ3n) is 5.69. The van der Waals surface area contributed by atoms with E-state index in [2.05, 4.69) is 10.4 Å². The van der Waals surface area contributed by atoms with Crippen molar-refractivity contribution in [1.82, 2.24) is 29.4 Å². The summed E-state index contributed by atoms with van der Waals surface area (Å²) in [5, 5.41) is 12.9. The summed E-state index contributed by atoms with van der Waals surface area (Å²) in [6.45, 7) is 2.75. The van der Waals surface area contributed by atoms with Crippen molar-refractivity contribution in [3.8, 4) is 11.5 Å². The molecule has 4 heterocycles. The lowest BCUT2D eigenvalue weighted by Gasteiger charge is -2.12. The number of rotatable bonds is 6. The smallest absolute Gasteiger partial charge is 0.280 e. The molecule has 170 valence electrons. The van der Waals surface area contributed by atoms with Gasteiger partial charge in [-0.1, -0.05) is 11.6 Å². The molecule has 4 aromatic rings. The molecule has 0 spiro atoms. The lowest BCUT2D eigenvalue weighted by Crippen LogP contribution is -2.37. The van der Waals surface area contributed by atoms with Crippen molar-refractivity contribution in [2.75, 3.05) is 13.2 Å². The minimum Gasteiger partial charge on any atom is -0.376 e. The Morgan fingerprint density at radius 2 is 1.97 bits per heavy atom. The fourth-order valence-corrected chi connectivity index (χ4v) is 4.20. The molecule has 3 aromatic heterocycles. The number of benzene rings is 1.